The van der Waals surface area contributed by atoms with Gasteiger partial charge in [0.15, 0.2) is 20.5 Å². The molecule has 6 aliphatic heterocycles. The van der Waals surface area contributed by atoms with Crippen molar-refractivity contribution < 1.29 is 14.1 Å². The molecule has 1 aliphatic carbocycles. The Kier molecular flexibility index (Phi) is 4.88. The summed E-state index contributed by atoms with van der Waals surface area (Å²) in [5.74, 6) is 2.95. The van der Waals surface area contributed by atoms with Gasteiger partial charge in [0.2, 0.25) is 22.7 Å². The number of benzene rings is 8. The van der Waals surface area contributed by atoms with Gasteiger partial charge in [-0.05, 0) is 108 Å². The van der Waals surface area contributed by atoms with Crippen molar-refractivity contribution in [2.24, 2.45) is 0 Å². The highest BCUT2D eigenvalue weighted by atomic mass is 28.3. The van der Waals surface area contributed by atoms with Gasteiger partial charge in [0.1, 0.15) is 11.0 Å². The van der Waals surface area contributed by atoms with E-state index in [4.69, 9.17) is 4.74 Å². The zero-order valence-corrected chi connectivity index (χ0v) is 36.1. The molecule has 6 nitrogen and oxygen atoms in total. The number of fused-ring (bicyclic) bond motifs is 16. The van der Waals surface area contributed by atoms with E-state index in [2.05, 4.69) is 213 Å². The molecular weight excluding hydrogens is 823 g/mol. The summed E-state index contributed by atoms with van der Waals surface area (Å²) in [5, 5.41) is 10.8. The summed E-state index contributed by atoms with van der Waals surface area (Å²) in [4.78, 5) is 0. The van der Waals surface area contributed by atoms with E-state index in [-0.39, 0.29) is 4.70 Å². The van der Waals surface area contributed by atoms with Gasteiger partial charge in [-0.15, -0.1) is 0 Å². The first-order valence-electron chi connectivity index (χ1n) is 23.1. The Bertz CT molecular complexity index is 4390. The minimum atomic E-state index is -2.95. The Balaban J connectivity index is 1.09. The lowest BCUT2D eigenvalue weighted by Crippen LogP contribution is -2.87. The first-order valence-corrected chi connectivity index (χ1v) is 25.1. The molecule has 1 atom stereocenters. The maximum Gasteiger partial charge on any atom is 0.350 e. The summed E-state index contributed by atoms with van der Waals surface area (Å²) in [6, 6.07) is 69.9. The van der Waals surface area contributed by atoms with Crippen LogP contribution in [0.25, 0.3) is 77.5 Å². The first-order chi connectivity index (χ1) is 32.8. The fraction of sp³-hybridized carbons (Fsp3) is 0.0169. The first kappa shape index (κ1) is 32.3. The summed E-state index contributed by atoms with van der Waals surface area (Å²) in [5.41, 5.74) is 18.6. The zero-order valence-electron chi connectivity index (χ0n) is 35.1. The monoisotopic (exact) mass is 854 g/mol. The van der Waals surface area contributed by atoms with Gasteiger partial charge in [-0.3, -0.25) is 0 Å². The van der Waals surface area contributed by atoms with Crippen LogP contribution in [0.3, 0.4) is 0 Å². The summed E-state index contributed by atoms with van der Waals surface area (Å²) in [6.45, 7) is 0. The molecule has 1 unspecified atom stereocenters. The number of para-hydroxylation sites is 2. The van der Waals surface area contributed by atoms with E-state index in [0.717, 1.165) is 22.9 Å². The van der Waals surface area contributed by atoms with Crippen LogP contribution in [0.1, 0.15) is 22.3 Å². The third-order valence-electron chi connectivity index (χ3n) is 17.1. The molecule has 0 fully saturated rings. The molecule has 0 amide bonds. The number of quaternary nitrogens is 1. The van der Waals surface area contributed by atoms with Gasteiger partial charge in [0, 0.05) is 32.1 Å². The second kappa shape index (κ2) is 9.97. The highest BCUT2D eigenvalue weighted by Crippen LogP contribution is 2.65. The van der Waals surface area contributed by atoms with Crippen LogP contribution in [0.4, 0.5) is 11.4 Å². The minimum Gasteiger partial charge on any atom is -0.444 e. The van der Waals surface area contributed by atoms with Crippen LogP contribution in [0.15, 0.2) is 194 Å². The van der Waals surface area contributed by atoms with Gasteiger partial charge in [-0.25, -0.2) is 0 Å². The number of hydrogen-bond donors (Lipinski definition) is 0. The highest BCUT2D eigenvalue weighted by Gasteiger charge is 2.71. The molecule has 0 N–H and O–H groups in total. The quantitative estimate of drug-likeness (QED) is 0.0851. The van der Waals surface area contributed by atoms with E-state index >= 15 is 0 Å². The largest absolute Gasteiger partial charge is 0.444 e. The van der Waals surface area contributed by atoms with Gasteiger partial charge in [0.25, 0.3) is 0 Å². The molecule has 0 saturated carbocycles. The lowest BCUT2D eigenvalue weighted by Gasteiger charge is -2.43. The average molecular weight is 855 g/mol. The topological polar surface area (TPSA) is 26.8 Å². The van der Waals surface area contributed by atoms with Crippen molar-refractivity contribution in [2.75, 3.05) is 0 Å². The molecule has 0 bridgehead atoms. The maximum atomic E-state index is 7.44. The second-order valence-electron chi connectivity index (χ2n) is 19.3. The average Bonchev–Trinajstić information content (AvgIpc) is 4.09. The van der Waals surface area contributed by atoms with E-state index in [9.17, 15) is 0 Å². The normalized spacial score (nSPS) is 18.1. The third-order valence-corrected chi connectivity index (χ3v) is 22.0. The molecule has 3 spiro atoms. The molecule has 12 aromatic rings. The summed E-state index contributed by atoms with van der Waals surface area (Å²) in [6.07, 6.45) is 4.71. The summed E-state index contributed by atoms with van der Waals surface area (Å²) < 4.78 is 18.2. The Morgan fingerprint density at radius 2 is 0.985 bits per heavy atom. The van der Waals surface area contributed by atoms with E-state index < -0.39 is 13.5 Å². The van der Waals surface area contributed by atoms with Crippen molar-refractivity contribution in [3.63, 3.8) is 0 Å². The molecule has 7 aliphatic rings. The van der Waals surface area contributed by atoms with Gasteiger partial charge in [-0.2, -0.15) is 9.13 Å². The van der Waals surface area contributed by atoms with Crippen LogP contribution in [0.2, 0.25) is 0 Å². The molecule has 8 aromatic carbocycles. The molecule has 4 aromatic heterocycles. The van der Waals surface area contributed by atoms with Crippen LogP contribution in [-0.2, 0) is 5.41 Å². The van der Waals surface area contributed by atoms with Crippen molar-refractivity contribution in [2.45, 2.75) is 5.41 Å². The Labute approximate surface area is 377 Å². The van der Waals surface area contributed by atoms with E-state index in [1.54, 1.807) is 0 Å². The molecular formula is C59H32N5OSi+3. The van der Waals surface area contributed by atoms with Crippen LogP contribution in [0.5, 0.6) is 11.5 Å². The molecule has 19 rings (SSSR count). The fourth-order valence-corrected chi connectivity index (χ4v) is 20.7. The molecule has 66 heavy (non-hydrogen) atoms. The van der Waals surface area contributed by atoms with Crippen LogP contribution in [0, 0.1) is 0 Å². The third kappa shape index (κ3) is 2.84. The fourth-order valence-electron chi connectivity index (χ4n) is 15.2. The van der Waals surface area contributed by atoms with Gasteiger partial charge in [-0.1, -0.05) is 127 Å². The Morgan fingerprint density at radius 1 is 0.409 bits per heavy atom. The molecule has 0 saturated heterocycles. The van der Waals surface area contributed by atoms with Crippen molar-refractivity contribution in [1.82, 2.24) is 13.8 Å². The number of nitrogens with zero attached hydrogens (tertiary/aromatic N) is 5. The maximum absolute atomic E-state index is 7.44. The van der Waals surface area contributed by atoms with Crippen molar-refractivity contribution >= 4 is 83.9 Å². The Morgan fingerprint density at radius 3 is 1.77 bits per heavy atom. The van der Waals surface area contributed by atoms with Crippen molar-refractivity contribution in [1.29, 1.82) is 0 Å². The van der Waals surface area contributed by atoms with Gasteiger partial charge >= 0.3 is 22.8 Å². The molecule has 0 radical (unpaired) electrons. The predicted octanol–water partition coefficient (Wildman–Crippen LogP) is 9.10. The summed E-state index contributed by atoms with van der Waals surface area (Å²) >= 11 is 0. The SMILES string of the molecule is c1ccc2c(c1)-c1ccccc1C21c2ccc[n+]3c2-n2c4c1cccc4c1ccc4c(c12)[N+]31c2c(ccc3c2-n2c5c(cccc5c5ccc[n+]1c52)[Si]31c2ccccc2-c2ccccc21)O4. The highest BCUT2D eigenvalue weighted by molar-refractivity contribution is 7.23. The predicted molar refractivity (Wildman–Crippen MR) is 261 cm³/mol. The Hall–Kier alpha value is -8.36. The van der Waals surface area contributed by atoms with E-state index in [0.29, 0.717) is 0 Å². The van der Waals surface area contributed by atoms with Crippen molar-refractivity contribution in [3.8, 4) is 45.3 Å². The van der Waals surface area contributed by atoms with Crippen LogP contribution in [-0.4, -0.2) is 17.2 Å². The zero-order chi connectivity index (χ0) is 42.2. The lowest BCUT2D eigenvalue weighted by atomic mass is 9.66. The van der Waals surface area contributed by atoms with Crippen LogP contribution < -0.4 is 39.5 Å². The number of rotatable bonds is 0. The molecule has 7 heteroatoms. The summed E-state index contributed by atoms with van der Waals surface area (Å²) in [7, 11) is -2.95. The molecule has 300 valence electrons. The number of aromatic nitrogens is 4. The van der Waals surface area contributed by atoms with E-state index in [1.807, 2.05) is 0 Å². The standard InChI is InChI=1S/C59H32N5OSi/c1-5-20-41-33(13-1)34-14-2-6-21-42(34)59(41)43-22-9-17-37-39-27-28-45-55-53(39)62(51(37)43)58-44(59)23-12-32-61(58)64(55)56-46(65-45)29-30-50-54(56)63-52-38(40-19-11-31-60(64)57(40)63)18-10-26-49(52)66(50)47-24-7-3-15-35(47)36-16-4-8-25-48(36)66/h1-32H/q+3. The smallest absolute Gasteiger partial charge is 0.350 e. The lowest BCUT2D eigenvalue weighted by molar-refractivity contribution is -1.03. The molecule has 10 heterocycles. The van der Waals surface area contributed by atoms with Crippen molar-refractivity contribution in [3.05, 3.63) is 217 Å². The number of hydrogen-bond acceptors (Lipinski definition) is 1. The van der Waals surface area contributed by atoms with Gasteiger partial charge in [0.05, 0.1) is 21.1 Å². The van der Waals surface area contributed by atoms with Gasteiger partial charge < -0.3 is 4.74 Å². The second-order valence-corrected chi connectivity index (χ2v) is 22.9. The van der Waals surface area contributed by atoms with Crippen LogP contribution >= 0.6 is 0 Å². The van der Waals surface area contributed by atoms with E-state index in [1.165, 1.54) is 121 Å². The minimum absolute atomic E-state index is 0.288. The number of pyridine rings is 2. The number of ether oxygens (including phenoxy) is 1.